The zero-order chi connectivity index (χ0) is 15.9. The molecule has 7 heteroatoms. The Hall–Kier alpha value is -1.79. The van der Waals surface area contributed by atoms with Crippen LogP contribution in [-0.2, 0) is 4.79 Å². The number of urea groups is 1. The molecule has 128 valence electrons. The van der Waals surface area contributed by atoms with Gasteiger partial charge >= 0.3 is 6.03 Å². The SMILES string of the molecule is CC(C)NC(=O)Nc1ccccc1NC(=O)CNCC1CC1.Cl. The fourth-order valence-corrected chi connectivity index (χ4v) is 2.03. The van der Waals surface area contributed by atoms with E-state index >= 15 is 0 Å². The maximum atomic E-state index is 11.9. The summed E-state index contributed by atoms with van der Waals surface area (Å²) >= 11 is 0. The van der Waals surface area contributed by atoms with E-state index in [2.05, 4.69) is 21.3 Å². The number of amides is 3. The molecule has 0 aromatic heterocycles. The normalized spacial score (nSPS) is 13.2. The molecule has 0 saturated heterocycles. The molecule has 1 aromatic carbocycles. The number of para-hydroxylation sites is 2. The van der Waals surface area contributed by atoms with Crippen LogP contribution in [0.5, 0.6) is 0 Å². The number of halogens is 1. The van der Waals surface area contributed by atoms with Crippen LogP contribution in [-0.4, -0.2) is 31.1 Å². The molecule has 1 saturated carbocycles. The molecular weight excluding hydrogens is 316 g/mol. The lowest BCUT2D eigenvalue weighted by Crippen LogP contribution is -2.34. The summed E-state index contributed by atoms with van der Waals surface area (Å²) in [5, 5.41) is 11.5. The summed E-state index contributed by atoms with van der Waals surface area (Å²) in [6, 6.07) is 6.92. The first-order valence-electron chi connectivity index (χ1n) is 7.71. The van der Waals surface area contributed by atoms with Crippen LogP contribution in [0.1, 0.15) is 26.7 Å². The van der Waals surface area contributed by atoms with Gasteiger partial charge in [-0.2, -0.15) is 0 Å². The van der Waals surface area contributed by atoms with Crippen molar-refractivity contribution in [2.75, 3.05) is 23.7 Å². The lowest BCUT2D eigenvalue weighted by atomic mass is 10.2. The van der Waals surface area contributed by atoms with Gasteiger partial charge in [-0.25, -0.2) is 4.79 Å². The van der Waals surface area contributed by atoms with Gasteiger partial charge in [0.15, 0.2) is 0 Å². The number of hydrogen-bond acceptors (Lipinski definition) is 3. The third-order valence-corrected chi connectivity index (χ3v) is 3.28. The standard InChI is InChI=1S/C16H24N4O2.ClH/c1-11(2)18-16(22)20-14-6-4-3-5-13(14)19-15(21)10-17-9-12-7-8-12;/h3-6,11-12,17H,7-10H2,1-2H3,(H,19,21)(H2,18,20,22);1H. The van der Waals surface area contributed by atoms with Crippen molar-refractivity contribution in [2.24, 2.45) is 5.92 Å². The lowest BCUT2D eigenvalue weighted by Gasteiger charge is -2.14. The van der Waals surface area contributed by atoms with Gasteiger partial charge in [-0.1, -0.05) is 12.1 Å². The van der Waals surface area contributed by atoms with E-state index < -0.39 is 0 Å². The Morgan fingerprint density at radius 1 is 1.13 bits per heavy atom. The molecule has 3 amide bonds. The molecule has 0 bridgehead atoms. The van der Waals surface area contributed by atoms with E-state index in [0.717, 1.165) is 12.5 Å². The zero-order valence-corrected chi connectivity index (χ0v) is 14.3. The first kappa shape index (κ1) is 19.3. The fraction of sp³-hybridized carbons (Fsp3) is 0.500. The van der Waals surface area contributed by atoms with Crippen LogP contribution in [0.15, 0.2) is 24.3 Å². The molecule has 1 aliphatic carbocycles. The van der Waals surface area contributed by atoms with Crippen molar-refractivity contribution in [1.82, 2.24) is 10.6 Å². The van der Waals surface area contributed by atoms with E-state index in [-0.39, 0.29) is 36.9 Å². The Kier molecular flexibility index (Phi) is 7.85. The van der Waals surface area contributed by atoms with Crippen LogP contribution >= 0.6 is 12.4 Å². The number of carbonyl (C=O) groups excluding carboxylic acids is 2. The van der Waals surface area contributed by atoms with Crippen molar-refractivity contribution >= 4 is 35.7 Å². The number of benzene rings is 1. The van der Waals surface area contributed by atoms with Crippen molar-refractivity contribution in [1.29, 1.82) is 0 Å². The Morgan fingerprint density at radius 3 is 2.30 bits per heavy atom. The first-order chi connectivity index (χ1) is 10.5. The van der Waals surface area contributed by atoms with Crippen molar-refractivity contribution in [3.63, 3.8) is 0 Å². The average molecular weight is 341 g/mol. The highest BCUT2D eigenvalue weighted by Crippen LogP contribution is 2.27. The van der Waals surface area contributed by atoms with Crippen LogP contribution in [0.3, 0.4) is 0 Å². The summed E-state index contributed by atoms with van der Waals surface area (Å²) in [5.41, 5.74) is 1.18. The maximum absolute atomic E-state index is 11.9. The van der Waals surface area contributed by atoms with E-state index in [9.17, 15) is 9.59 Å². The molecular formula is C16H25ClN4O2. The van der Waals surface area contributed by atoms with E-state index in [0.29, 0.717) is 11.4 Å². The monoisotopic (exact) mass is 340 g/mol. The number of hydrogen-bond donors (Lipinski definition) is 4. The zero-order valence-electron chi connectivity index (χ0n) is 13.5. The minimum absolute atomic E-state index is 0. The van der Waals surface area contributed by atoms with Gasteiger partial charge in [-0.3, -0.25) is 4.79 Å². The molecule has 0 radical (unpaired) electrons. The quantitative estimate of drug-likeness (QED) is 0.615. The Morgan fingerprint density at radius 2 is 1.74 bits per heavy atom. The van der Waals surface area contributed by atoms with Crippen molar-refractivity contribution in [3.8, 4) is 0 Å². The highest BCUT2D eigenvalue weighted by molar-refractivity contribution is 5.99. The van der Waals surface area contributed by atoms with Crippen LogP contribution in [0.2, 0.25) is 0 Å². The van der Waals surface area contributed by atoms with Gasteiger partial charge in [0.05, 0.1) is 17.9 Å². The molecule has 2 rings (SSSR count). The van der Waals surface area contributed by atoms with Gasteiger partial charge in [-0.15, -0.1) is 12.4 Å². The van der Waals surface area contributed by atoms with Gasteiger partial charge in [0.1, 0.15) is 0 Å². The summed E-state index contributed by atoms with van der Waals surface area (Å²) in [4.78, 5) is 23.7. The predicted molar refractivity (Wildman–Crippen MR) is 95.2 cm³/mol. The fourth-order valence-electron chi connectivity index (χ4n) is 2.03. The number of carbonyl (C=O) groups is 2. The maximum Gasteiger partial charge on any atom is 0.319 e. The lowest BCUT2D eigenvalue weighted by molar-refractivity contribution is -0.115. The van der Waals surface area contributed by atoms with Gasteiger partial charge in [0.2, 0.25) is 5.91 Å². The third kappa shape index (κ3) is 7.34. The largest absolute Gasteiger partial charge is 0.336 e. The second kappa shape index (κ2) is 9.37. The molecule has 23 heavy (non-hydrogen) atoms. The Bertz CT molecular complexity index is 533. The van der Waals surface area contributed by atoms with Gasteiger partial charge in [-0.05, 0) is 51.3 Å². The highest BCUT2D eigenvalue weighted by atomic mass is 35.5. The summed E-state index contributed by atoms with van der Waals surface area (Å²) in [5.74, 6) is 0.626. The molecule has 4 N–H and O–H groups in total. The minimum Gasteiger partial charge on any atom is -0.336 e. The highest BCUT2D eigenvalue weighted by Gasteiger charge is 2.20. The van der Waals surface area contributed by atoms with Crippen LogP contribution in [0.25, 0.3) is 0 Å². The molecule has 0 spiro atoms. The van der Waals surface area contributed by atoms with Crippen LogP contribution in [0, 0.1) is 5.92 Å². The van der Waals surface area contributed by atoms with Crippen molar-refractivity contribution in [2.45, 2.75) is 32.7 Å². The van der Waals surface area contributed by atoms with E-state index in [1.165, 1.54) is 12.8 Å². The van der Waals surface area contributed by atoms with Crippen molar-refractivity contribution < 1.29 is 9.59 Å². The molecule has 1 aromatic rings. The number of nitrogens with one attached hydrogen (secondary N) is 4. The van der Waals surface area contributed by atoms with Gasteiger partial charge in [0.25, 0.3) is 0 Å². The second-order valence-electron chi connectivity index (χ2n) is 5.92. The first-order valence-corrected chi connectivity index (χ1v) is 7.71. The van der Waals surface area contributed by atoms with E-state index in [4.69, 9.17) is 0 Å². The molecule has 1 fully saturated rings. The van der Waals surface area contributed by atoms with Gasteiger partial charge < -0.3 is 21.3 Å². The number of anilines is 2. The Labute approximate surface area is 143 Å². The predicted octanol–water partition coefficient (Wildman–Crippen LogP) is 2.58. The average Bonchev–Trinajstić information content (AvgIpc) is 3.24. The molecule has 0 atom stereocenters. The van der Waals surface area contributed by atoms with Crippen LogP contribution < -0.4 is 21.3 Å². The molecule has 0 unspecified atom stereocenters. The summed E-state index contributed by atoms with van der Waals surface area (Å²) in [6.07, 6.45) is 2.51. The summed E-state index contributed by atoms with van der Waals surface area (Å²) in [7, 11) is 0. The number of rotatable bonds is 7. The van der Waals surface area contributed by atoms with Crippen LogP contribution in [0.4, 0.5) is 16.2 Å². The third-order valence-electron chi connectivity index (χ3n) is 3.28. The molecule has 6 nitrogen and oxygen atoms in total. The molecule has 0 heterocycles. The summed E-state index contributed by atoms with van der Waals surface area (Å²) in [6.45, 7) is 4.95. The minimum atomic E-state index is -0.288. The Balaban J connectivity index is 0.00000264. The smallest absolute Gasteiger partial charge is 0.319 e. The van der Waals surface area contributed by atoms with E-state index in [1.54, 1.807) is 12.1 Å². The summed E-state index contributed by atoms with van der Waals surface area (Å²) < 4.78 is 0. The van der Waals surface area contributed by atoms with Crippen molar-refractivity contribution in [3.05, 3.63) is 24.3 Å². The second-order valence-corrected chi connectivity index (χ2v) is 5.92. The molecule has 1 aliphatic rings. The van der Waals surface area contributed by atoms with Gasteiger partial charge in [0, 0.05) is 6.04 Å². The van der Waals surface area contributed by atoms with E-state index in [1.807, 2.05) is 26.0 Å². The topological polar surface area (TPSA) is 82.3 Å². The molecule has 0 aliphatic heterocycles.